The molecule has 2 amide bonds. The third kappa shape index (κ3) is 6.84. The third-order valence-corrected chi connectivity index (χ3v) is 8.54. The number of amides is 2. The zero-order valence-corrected chi connectivity index (χ0v) is 24.6. The minimum absolute atomic E-state index is 0.0585. The first kappa shape index (κ1) is 28.1. The number of hydrogen-bond donors (Lipinski definition) is 1. The van der Waals surface area contributed by atoms with E-state index in [1.54, 1.807) is 16.7 Å². The minimum atomic E-state index is -0.483. The maximum absolute atomic E-state index is 13.1. The summed E-state index contributed by atoms with van der Waals surface area (Å²) in [6, 6.07) is 16.6. The van der Waals surface area contributed by atoms with E-state index >= 15 is 0 Å². The van der Waals surface area contributed by atoms with Crippen LogP contribution in [0, 0.1) is 0 Å². The second-order valence-electron chi connectivity index (χ2n) is 11.6. The standard InChI is InChI=1S/C32H39N3O4S/c1-32(2,3)39-31(37)35-18-15-25(16-19-35)38-24-13-10-22(11-14-24)9-12-23-7-5-6-8-26(23)33-30(36)28-21-29-27(34(28)4)17-20-40-29/h5-8,10-11,13-14,17,20-21,25,27,29H,9,12,15-16,18-19H2,1-4H3,(H,33,36). The van der Waals surface area contributed by atoms with Gasteiger partial charge < -0.3 is 24.6 Å². The van der Waals surface area contributed by atoms with Gasteiger partial charge in [0, 0.05) is 38.7 Å². The van der Waals surface area contributed by atoms with Crippen molar-refractivity contribution in [2.75, 3.05) is 25.5 Å². The molecule has 2 unspecified atom stereocenters. The van der Waals surface area contributed by atoms with Crippen LogP contribution in [0.4, 0.5) is 10.5 Å². The smallest absolute Gasteiger partial charge is 0.410 e. The van der Waals surface area contributed by atoms with Crippen molar-refractivity contribution < 1.29 is 19.1 Å². The van der Waals surface area contributed by atoms with Gasteiger partial charge in [-0.1, -0.05) is 36.4 Å². The molecule has 3 aliphatic heterocycles. The predicted molar refractivity (Wildman–Crippen MR) is 161 cm³/mol. The number of para-hydroxylation sites is 1. The van der Waals surface area contributed by atoms with Crippen molar-refractivity contribution >= 4 is 29.4 Å². The van der Waals surface area contributed by atoms with Gasteiger partial charge in [-0.2, -0.15) is 0 Å². The van der Waals surface area contributed by atoms with Gasteiger partial charge in [-0.05, 0) is 74.4 Å². The van der Waals surface area contributed by atoms with Crippen LogP contribution < -0.4 is 10.1 Å². The summed E-state index contributed by atoms with van der Waals surface area (Å²) < 4.78 is 11.7. The molecule has 7 nitrogen and oxygen atoms in total. The minimum Gasteiger partial charge on any atom is -0.490 e. The molecule has 2 aromatic rings. The van der Waals surface area contributed by atoms with E-state index in [9.17, 15) is 9.59 Å². The fraction of sp³-hybridized carbons (Fsp3) is 0.438. The summed E-state index contributed by atoms with van der Waals surface area (Å²) in [5.41, 5.74) is 3.43. The maximum Gasteiger partial charge on any atom is 0.410 e. The molecule has 1 fully saturated rings. The van der Waals surface area contributed by atoms with E-state index in [0.29, 0.717) is 18.3 Å². The van der Waals surface area contributed by atoms with Crippen molar-refractivity contribution in [3.8, 4) is 5.75 Å². The Hall–Kier alpha value is -3.39. The molecule has 3 aliphatic rings. The van der Waals surface area contributed by atoms with Crippen molar-refractivity contribution in [2.45, 2.75) is 69.5 Å². The predicted octanol–water partition coefficient (Wildman–Crippen LogP) is 6.02. The third-order valence-electron chi connectivity index (χ3n) is 7.50. The van der Waals surface area contributed by atoms with Gasteiger partial charge in [0.2, 0.25) is 0 Å². The highest BCUT2D eigenvalue weighted by Gasteiger charge is 2.36. The highest BCUT2D eigenvalue weighted by molar-refractivity contribution is 8.03. The summed E-state index contributed by atoms with van der Waals surface area (Å²) in [4.78, 5) is 29.2. The van der Waals surface area contributed by atoms with Gasteiger partial charge in [0.25, 0.3) is 5.91 Å². The summed E-state index contributed by atoms with van der Waals surface area (Å²) in [5, 5.41) is 5.58. The number of ether oxygens (including phenoxy) is 2. The molecule has 40 heavy (non-hydrogen) atoms. The van der Waals surface area contributed by atoms with Crippen LogP contribution in [0.5, 0.6) is 5.75 Å². The van der Waals surface area contributed by atoms with E-state index in [4.69, 9.17) is 9.47 Å². The molecule has 212 valence electrons. The van der Waals surface area contributed by atoms with E-state index in [1.165, 1.54) is 5.56 Å². The number of benzene rings is 2. The quantitative estimate of drug-likeness (QED) is 0.446. The monoisotopic (exact) mass is 561 g/mol. The summed E-state index contributed by atoms with van der Waals surface area (Å²) in [5.74, 6) is 0.788. The van der Waals surface area contributed by atoms with Crippen molar-refractivity contribution in [2.24, 2.45) is 0 Å². The number of aryl methyl sites for hydroxylation is 2. The molecule has 5 rings (SSSR count). The lowest BCUT2D eigenvalue weighted by molar-refractivity contribution is -0.114. The number of likely N-dealkylation sites (N-methyl/N-ethyl adjacent to an activating group) is 1. The van der Waals surface area contributed by atoms with E-state index in [-0.39, 0.29) is 24.1 Å². The lowest BCUT2D eigenvalue weighted by atomic mass is 10.0. The summed E-state index contributed by atoms with van der Waals surface area (Å²) in [6.45, 7) is 6.93. The van der Waals surface area contributed by atoms with Gasteiger partial charge in [-0.15, -0.1) is 11.8 Å². The van der Waals surface area contributed by atoms with Crippen LogP contribution in [0.3, 0.4) is 0 Å². The first-order chi connectivity index (χ1) is 19.2. The molecule has 0 bridgehead atoms. The molecule has 0 saturated carbocycles. The number of anilines is 1. The van der Waals surface area contributed by atoms with Crippen LogP contribution in [0.1, 0.15) is 44.7 Å². The normalized spacial score (nSPS) is 20.8. The number of carbonyl (C=O) groups excluding carboxylic acids is 2. The molecule has 1 N–H and O–H groups in total. The Morgan fingerprint density at radius 1 is 1.02 bits per heavy atom. The van der Waals surface area contributed by atoms with Gasteiger partial charge in [0.05, 0.1) is 11.3 Å². The Morgan fingerprint density at radius 2 is 1.75 bits per heavy atom. The Morgan fingerprint density at radius 3 is 2.45 bits per heavy atom. The van der Waals surface area contributed by atoms with Crippen molar-refractivity contribution in [1.82, 2.24) is 9.80 Å². The molecule has 1 saturated heterocycles. The van der Waals surface area contributed by atoms with Gasteiger partial charge in [0.15, 0.2) is 0 Å². The molecule has 0 spiro atoms. The number of piperidine rings is 1. The zero-order valence-electron chi connectivity index (χ0n) is 23.8. The molecule has 0 aliphatic carbocycles. The van der Waals surface area contributed by atoms with Crippen LogP contribution in [-0.2, 0) is 22.4 Å². The topological polar surface area (TPSA) is 71.1 Å². The number of carbonyl (C=O) groups is 2. The number of nitrogens with one attached hydrogen (secondary N) is 1. The molecule has 0 radical (unpaired) electrons. The molecule has 3 heterocycles. The molecule has 2 atom stereocenters. The van der Waals surface area contributed by atoms with Gasteiger partial charge in [0.1, 0.15) is 23.2 Å². The molecule has 8 heteroatoms. The molecular weight excluding hydrogens is 522 g/mol. The summed E-state index contributed by atoms with van der Waals surface area (Å²) in [6.07, 6.45) is 7.31. The lowest BCUT2D eigenvalue weighted by Gasteiger charge is -2.33. The lowest BCUT2D eigenvalue weighted by Crippen LogP contribution is -2.44. The van der Waals surface area contributed by atoms with Crippen molar-refractivity contribution in [3.05, 3.63) is 82.9 Å². The van der Waals surface area contributed by atoms with Crippen molar-refractivity contribution in [3.63, 3.8) is 0 Å². The number of nitrogens with zero attached hydrogens (tertiary/aromatic N) is 2. The number of hydrogen-bond acceptors (Lipinski definition) is 6. The Labute approximate surface area is 241 Å². The van der Waals surface area contributed by atoms with Crippen LogP contribution >= 0.6 is 11.8 Å². The van der Waals surface area contributed by atoms with Crippen molar-refractivity contribution in [1.29, 1.82) is 0 Å². The van der Waals surface area contributed by atoms with E-state index in [0.717, 1.165) is 48.4 Å². The average molecular weight is 562 g/mol. The van der Waals surface area contributed by atoms with E-state index < -0.39 is 5.60 Å². The Balaban J connectivity index is 1.10. The fourth-order valence-corrected chi connectivity index (χ4v) is 6.37. The second kappa shape index (κ2) is 12.0. The maximum atomic E-state index is 13.1. The number of likely N-dealkylation sites (tertiary alicyclic amines) is 1. The van der Waals surface area contributed by atoms with Crippen LogP contribution in [0.2, 0.25) is 0 Å². The van der Waals surface area contributed by atoms with Gasteiger partial charge in [-0.3, -0.25) is 4.79 Å². The van der Waals surface area contributed by atoms with E-state index in [1.807, 2.05) is 58.2 Å². The highest BCUT2D eigenvalue weighted by Crippen LogP contribution is 2.36. The van der Waals surface area contributed by atoms with Crippen LogP contribution in [0.15, 0.2) is 71.8 Å². The largest absolute Gasteiger partial charge is 0.490 e. The average Bonchev–Trinajstić information content (AvgIpc) is 3.51. The Bertz CT molecular complexity index is 1280. The van der Waals surface area contributed by atoms with E-state index in [2.05, 4.69) is 46.0 Å². The van der Waals surface area contributed by atoms with Crippen LogP contribution in [-0.4, -0.2) is 64.9 Å². The van der Waals surface area contributed by atoms with Gasteiger partial charge in [-0.25, -0.2) is 4.79 Å². The number of thioether (sulfide) groups is 1. The highest BCUT2D eigenvalue weighted by atomic mass is 32.2. The molecule has 2 aromatic carbocycles. The van der Waals surface area contributed by atoms with Crippen LogP contribution in [0.25, 0.3) is 0 Å². The fourth-order valence-electron chi connectivity index (χ4n) is 5.30. The second-order valence-corrected chi connectivity index (χ2v) is 12.7. The zero-order chi connectivity index (χ0) is 28.3. The van der Waals surface area contributed by atoms with Gasteiger partial charge >= 0.3 is 6.09 Å². The summed E-state index contributed by atoms with van der Waals surface area (Å²) >= 11 is 1.76. The Kier molecular flexibility index (Phi) is 8.45. The summed E-state index contributed by atoms with van der Waals surface area (Å²) in [7, 11) is 1.98. The number of fused-ring (bicyclic) bond motifs is 1. The first-order valence-corrected chi connectivity index (χ1v) is 15.0. The molecular formula is C32H39N3O4S. The SMILES string of the molecule is CN1C(C(=O)Nc2ccccc2CCc2ccc(OC3CCN(C(=O)OC(C)(C)C)CC3)cc2)=CC2SC=CC21. The molecule has 0 aromatic heterocycles. The number of rotatable bonds is 7. The first-order valence-electron chi connectivity index (χ1n) is 14.1.